The summed E-state index contributed by atoms with van der Waals surface area (Å²) in [7, 11) is 0. The second kappa shape index (κ2) is 11.1. The van der Waals surface area contributed by atoms with Crippen molar-refractivity contribution in [1.82, 2.24) is 25.5 Å². The third kappa shape index (κ3) is 5.17. The first-order valence-corrected chi connectivity index (χ1v) is 14.1. The van der Waals surface area contributed by atoms with E-state index in [4.69, 9.17) is 5.73 Å². The number of rotatable bonds is 6. The predicted molar refractivity (Wildman–Crippen MR) is 147 cm³/mol. The van der Waals surface area contributed by atoms with Crippen molar-refractivity contribution in [3.8, 4) is 0 Å². The van der Waals surface area contributed by atoms with E-state index >= 15 is 4.39 Å². The number of nitrogens with one attached hydrogen (secondary N) is 2. The van der Waals surface area contributed by atoms with E-state index in [1.807, 2.05) is 4.90 Å². The van der Waals surface area contributed by atoms with Gasteiger partial charge in [0.2, 0.25) is 11.8 Å². The molecule has 13 nitrogen and oxygen atoms in total. The zero-order valence-electron chi connectivity index (χ0n) is 22.8. The van der Waals surface area contributed by atoms with Crippen LogP contribution in [0.1, 0.15) is 69.7 Å². The largest absolute Gasteiger partial charge is 0.369 e. The molecule has 0 saturated carbocycles. The van der Waals surface area contributed by atoms with E-state index in [1.54, 1.807) is 6.20 Å². The second-order valence-electron chi connectivity index (χ2n) is 11.1. The van der Waals surface area contributed by atoms with Crippen molar-refractivity contribution in [2.75, 3.05) is 36.0 Å². The number of aromatic nitrogens is 2. The van der Waals surface area contributed by atoms with Crippen molar-refractivity contribution in [2.45, 2.75) is 56.7 Å². The van der Waals surface area contributed by atoms with Crippen molar-refractivity contribution in [1.29, 1.82) is 0 Å². The van der Waals surface area contributed by atoms with Gasteiger partial charge in [0.1, 0.15) is 23.4 Å². The maximum absolute atomic E-state index is 15.2. The van der Waals surface area contributed by atoms with Gasteiger partial charge in [-0.15, -0.1) is 0 Å². The van der Waals surface area contributed by atoms with Gasteiger partial charge in [-0.2, -0.15) is 0 Å². The molecular formula is C28H31FN8O5. The number of halogens is 1. The molecule has 3 saturated heterocycles. The highest BCUT2D eigenvalue weighted by Crippen LogP contribution is 2.33. The Labute approximate surface area is 240 Å². The first-order valence-electron chi connectivity index (χ1n) is 14.1. The van der Waals surface area contributed by atoms with Crippen LogP contribution in [-0.2, 0) is 9.59 Å². The fourth-order valence-corrected chi connectivity index (χ4v) is 6.23. The Balaban J connectivity index is 1.04. The quantitative estimate of drug-likeness (QED) is 0.406. The molecule has 0 spiro atoms. The molecule has 1 unspecified atom stereocenters. The number of piperidine rings is 3. The van der Waals surface area contributed by atoms with E-state index in [9.17, 15) is 24.0 Å². The van der Waals surface area contributed by atoms with Gasteiger partial charge in [-0.1, -0.05) is 0 Å². The number of nitrogens with two attached hydrogens (primary N) is 1. The topological polar surface area (TPSA) is 171 Å². The van der Waals surface area contributed by atoms with Crippen LogP contribution in [0.4, 0.5) is 15.9 Å². The average molecular weight is 579 g/mol. The molecule has 1 aromatic carbocycles. The Bertz CT molecular complexity index is 1450. The Morgan fingerprint density at radius 3 is 2.07 bits per heavy atom. The van der Waals surface area contributed by atoms with Crippen molar-refractivity contribution in [3.63, 3.8) is 0 Å². The van der Waals surface area contributed by atoms with Gasteiger partial charge in [-0.3, -0.25) is 34.2 Å². The summed E-state index contributed by atoms with van der Waals surface area (Å²) in [4.78, 5) is 74.4. The molecule has 2 aromatic rings. The Morgan fingerprint density at radius 2 is 1.50 bits per heavy atom. The summed E-state index contributed by atoms with van der Waals surface area (Å²) in [6.07, 6.45) is 6.42. The Hall–Kier alpha value is -4.46. The summed E-state index contributed by atoms with van der Waals surface area (Å²) in [6, 6.07) is 2.00. The zero-order valence-corrected chi connectivity index (χ0v) is 22.8. The maximum Gasteiger partial charge on any atom is 0.268 e. The second-order valence-corrected chi connectivity index (χ2v) is 11.1. The molecule has 0 aliphatic carbocycles. The summed E-state index contributed by atoms with van der Waals surface area (Å²) in [5.41, 5.74) is 5.64. The van der Waals surface area contributed by atoms with Crippen molar-refractivity contribution in [3.05, 3.63) is 47.2 Å². The number of anilines is 2. The van der Waals surface area contributed by atoms with E-state index in [0.29, 0.717) is 24.9 Å². The number of hydrogen-bond acceptors (Lipinski definition) is 10. The Kier molecular flexibility index (Phi) is 7.31. The number of imide groups is 2. The van der Waals surface area contributed by atoms with E-state index in [2.05, 4.69) is 25.5 Å². The van der Waals surface area contributed by atoms with Gasteiger partial charge in [-0.25, -0.2) is 14.4 Å². The van der Waals surface area contributed by atoms with Gasteiger partial charge >= 0.3 is 0 Å². The first-order chi connectivity index (χ1) is 20.2. The van der Waals surface area contributed by atoms with Gasteiger partial charge in [0.15, 0.2) is 0 Å². The maximum atomic E-state index is 15.2. The number of carbonyl (C=O) groups is 5. The van der Waals surface area contributed by atoms with Gasteiger partial charge in [0.25, 0.3) is 17.7 Å². The van der Waals surface area contributed by atoms with Crippen LogP contribution >= 0.6 is 0 Å². The molecular weight excluding hydrogens is 547 g/mol. The fraction of sp³-hybridized carbons (Fsp3) is 0.464. The number of nitrogens with zero attached hydrogens (tertiary/aromatic N) is 5. The van der Waals surface area contributed by atoms with Gasteiger partial charge in [-0.05, 0) is 44.2 Å². The zero-order chi connectivity index (χ0) is 29.5. The van der Waals surface area contributed by atoms with Crippen LogP contribution in [0.3, 0.4) is 0 Å². The molecule has 14 heteroatoms. The standard InChI is InChI=1S/C28H31FN8O5/c29-19-11-17-18(28(42)37(27(17)41)21-1-2-24(38)34-26(21)40)12-22(19)35-7-3-15(4-8-35)33-16-5-9-36(10-6-16)23-14-31-20(13-32-23)25(30)39/h11-16,21,33H,1-10H2,(H2,30,39)(H,34,38,40). The van der Waals surface area contributed by atoms with Crippen LogP contribution in [-0.4, -0.2) is 88.7 Å². The van der Waals surface area contributed by atoms with Crippen LogP contribution in [0.25, 0.3) is 0 Å². The third-order valence-electron chi connectivity index (χ3n) is 8.52. The Morgan fingerprint density at radius 1 is 0.881 bits per heavy atom. The van der Waals surface area contributed by atoms with Crippen molar-refractivity contribution in [2.24, 2.45) is 5.73 Å². The molecule has 42 heavy (non-hydrogen) atoms. The SMILES string of the molecule is NC(=O)c1cnc(N2CCC(NC3CCN(c4cc5c(cc4F)C(=O)N(C4CCC(=O)NC4=O)C5=O)CC3)CC2)cn1. The molecule has 4 aliphatic heterocycles. The van der Waals surface area contributed by atoms with Crippen LogP contribution < -0.4 is 26.2 Å². The number of amides is 5. The molecule has 1 aromatic heterocycles. The number of benzene rings is 1. The number of primary amides is 1. The van der Waals surface area contributed by atoms with Gasteiger partial charge < -0.3 is 20.9 Å². The molecule has 1 atom stereocenters. The van der Waals surface area contributed by atoms with Crippen LogP contribution in [0.2, 0.25) is 0 Å². The minimum atomic E-state index is -1.09. The molecule has 0 radical (unpaired) electrons. The molecule has 3 fully saturated rings. The fourth-order valence-electron chi connectivity index (χ4n) is 6.23. The highest BCUT2D eigenvalue weighted by molar-refractivity contribution is 6.23. The number of carbonyl (C=O) groups excluding carboxylic acids is 5. The third-order valence-corrected chi connectivity index (χ3v) is 8.52. The van der Waals surface area contributed by atoms with E-state index in [-0.39, 0.29) is 41.4 Å². The minimum absolute atomic E-state index is 0.0202. The average Bonchev–Trinajstić information content (AvgIpc) is 3.22. The molecule has 4 N–H and O–H groups in total. The highest BCUT2D eigenvalue weighted by Gasteiger charge is 2.45. The van der Waals surface area contributed by atoms with E-state index in [1.165, 1.54) is 12.3 Å². The van der Waals surface area contributed by atoms with Gasteiger partial charge in [0, 0.05) is 44.7 Å². The molecule has 5 heterocycles. The number of hydrogen-bond donors (Lipinski definition) is 3. The normalized spacial score (nSPS) is 22.0. The number of fused-ring (bicyclic) bond motifs is 1. The van der Waals surface area contributed by atoms with Crippen LogP contribution in [0, 0.1) is 5.82 Å². The molecule has 220 valence electrons. The van der Waals surface area contributed by atoms with Crippen LogP contribution in [0.5, 0.6) is 0 Å². The van der Waals surface area contributed by atoms with Gasteiger partial charge in [0.05, 0.1) is 29.2 Å². The summed E-state index contributed by atoms with van der Waals surface area (Å²) in [5, 5.41) is 5.90. The lowest BCUT2D eigenvalue weighted by atomic mass is 9.98. The summed E-state index contributed by atoms with van der Waals surface area (Å²) < 4.78 is 15.2. The molecule has 0 bridgehead atoms. The summed E-state index contributed by atoms with van der Waals surface area (Å²) in [6.45, 7) is 2.74. The smallest absolute Gasteiger partial charge is 0.268 e. The monoisotopic (exact) mass is 578 g/mol. The lowest BCUT2D eigenvalue weighted by Gasteiger charge is -2.38. The lowest BCUT2D eigenvalue weighted by Crippen LogP contribution is -2.54. The summed E-state index contributed by atoms with van der Waals surface area (Å²) >= 11 is 0. The van der Waals surface area contributed by atoms with Crippen molar-refractivity contribution >= 4 is 41.0 Å². The minimum Gasteiger partial charge on any atom is -0.369 e. The predicted octanol–water partition coefficient (Wildman–Crippen LogP) is 0.343. The van der Waals surface area contributed by atoms with Crippen molar-refractivity contribution < 1.29 is 28.4 Å². The van der Waals surface area contributed by atoms with Crippen LogP contribution in [0.15, 0.2) is 24.5 Å². The first kappa shape index (κ1) is 27.7. The van der Waals surface area contributed by atoms with E-state index < -0.39 is 41.4 Å². The lowest BCUT2D eigenvalue weighted by molar-refractivity contribution is -0.136. The highest BCUT2D eigenvalue weighted by atomic mass is 19.1. The van der Waals surface area contributed by atoms with E-state index in [0.717, 1.165) is 49.7 Å². The molecule has 4 aliphatic rings. The molecule has 5 amide bonds. The summed E-state index contributed by atoms with van der Waals surface area (Å²) in [5.74, 6) is -3.01. The molecule has 6 rings (SSSR count).